The van der Waals surface area contributed by atoms with E-state index in [9.17, 15) is 9.90 Å². The van der Waals surface area contributed by atoms with Gasteiger partial charge >= 0.3 is 0 Å². The predicted molar refractivity (Wildman–Crippen MR) is 96.8 cm³/mol. The predicted octanol–water partition coefficient (Wildman–Crippen LogP) is 1.43. The van der Waals surface area contributed by atoms with Gasteiger partial charge in [-0.05, 0) is 6.42 Å². The van der Waals surface area contributed by atoms with Crippen LogP contribution in [0.25, 0.3) is 10.9 Å². The Kier molecular flexibility index (Phi) is 5.19. The van der Waals surface area contributed by atoms with Crippen LogP contribution in [0.5, 0.6) is 0 Å². The standard InChI is InChI=1S/C16H22N4O4S/c1-5-9-12(23-4)11(21)13(24-9)14-10-8(6-25-14)15(22)19-16(18-10)17-7-20(2)3/h6-7,9,11-13,21H,5H2,1-4H3,(H,18,19,22)/b17-7+/t9-,11-,12-,13-/m1/s1. The number of aliphatic hydroxyl groups is 1. The highest BCUT2D eigenvalue weighted by molar-refractivity contribution is 7.11. The molecule has 3 rings (SSSR count). The number of hydrogen-bond donors (Lipinski definition) is 2. The van der Waals surface area contributed by atoms with Crippen LogP contribution in [-0.4, -0.2) is 65.8 Å². The highest BCUT2D eigenvalue weighted by Gasteiger charge is 2.45. The van der Waals surface area contributed by atoms with E-state index in [1.807, 2.05) is 21.0 Å². The van der Waals surface area contributed by atoms with Gasteiger partial charge in [-0.25, -0.2) is 9.98 Å². The van der Waals surface area contributed by atoms with Gasteiger partial charge in [-0.15, -0.1) is 11.3 Å². The van der Waals surface area contributed by atoms with Crippen LogP contribution in [0, 0.1) is 0 Å². The quantitative estimate of drug-likeness (QED) is 0.613. The number of H-pyrrole nitrogens is 1. The molecule has 2 N–H and O–H groups in total. The third kappa shape index (κ3) is 3.32. The Morgan fingerprint density at radius 2 is 2.32 bits per heavy atom. The first-order valence-electron chi connectivity index (χ1n) is 8.04. The lowest BCUT2D eigenvalue weighted by molar-refractivity contribution is -0.0119. The zero-order chi connectivity index (χ0) is 18.1. The molecule has 9 heteroatoms. The van der Waals surface area contributed by atoms with Crippen molar-refractivity contribution in [1.29, 1.82) is 0 Å². The summed E-state index contributed by atoms with van der Waals surface area (Å²) in [5.41, 5.74) is 0.247. The zero-order valence-corrected chi connectivity index (χ0v) is 15.4. The number of aromatic amines is 1. The van der Waals surface area contributed by atoms with Gasteiger partial charge in [0.05, 0.1) is 28.2 Å². The Morgan fingerprint density at radius 1 is 1.56 bits per heavy atom. The summed E-state index contributed by atoms with van der Waals surface area (Å²) in [6.45, 7) is 1.98. The van der Waals surface area contributed by atoms with Gasteiger partial charge in [0.15, 0.2) is 0 Å². The molecule has 1 fully saturated rings. The lowest BCUT2D eigenvalue weighted by Gasteiger charge is -2.16. The van der Waals surface area contributed by atoms with Gasteiger partial charge in [-0.3, -0.25) is 9.78 Å². The first-order valence-corrected chi connectivity index (χ1v) is 8.92. The van der Waals surface area contributed by atoms with Gasteiger partial charge in [-0.1, -0.05) is 6.92 Å². The number of nitrogens with zero attached hydrogens (tertiary/aromatic N) is 3. The van der Waals surface area contributed by atoms with Crippen molar-refractivity contribution in [1.82, 2.24) is 14.9 Å². The second-order valence-electron chi connectivity index (χ2n) is 6.15. The van der Waals surface area contributed by atoms with Crippen LogP contribution in [0.2, 0.25) is 0 Å². The van der Waals surface area contributed by atoms with E-state index in [4.69, 9.17) is 9.47 Å². The number of thiophene rings is 1. The summed E-state index contributed by atoms with van der Waals surface area (Å²) in [6.07, 6.45) is 0.298. The molecule has 0 spiro atoms. The molecule has 0 amide bonds. The van der Waals surface area contributed by atoms with E-state index in [2.05, 4.69) is 15.0 Å². The van der Waals surface area contributed by atoms with E-state index in [1.54, 1.807) is 23.7 Å². The van der Waals surface area contributed by atoms with Crippen molar-refractivity contribution in [2.75, 3.05) is 21.2 Å². The fraction of sp³-hybridized carbons (Fsp3) is 0.562. The van der Waals surface area contributed by atoms with Crippen LogP contribution in [0.1, 0.15) is 24.3 Å². The Morgan fingerprint density at radius 3 is 2.92 bits per heavy atom. The molecule has 1 aliphatic rings. The minimum absolute atomic E-state index is 0.199. The van der Waals surface area contributed by atoms with Crippen molar-refractivity contribution >= 4 is 34.5 Å². The minimum Gasteiger partial charge on any atom is -0.387 e. The van der Waals surface area contributed by atoms with Crippen molar-refractivity contribution < 1.29 is 14.6 Å². The first kappa shape index (κ1) is 18.0. The maximum absolute atomic E-state index is 12.3. The third-order valence-corrected chi connectivity index (χ3v) is 5.19. The second kappa shape index (κ2) is 7.20. The van der Waals surface area contributed by atoms with E-state index >= 15 is 0 Å². The number of rotatable bonds is 5. The summed E-state index contributed by atoms with van der Waals surface area (Å²) in [5, 5.41) is 12.8. The van der Waals surface area contributed by atoms with E-state index in [0.29, 0.717) is 15.8 Å². The second-order valence-corrected chi connectivity index (χ2v) is 7.07. The van der Waals surface area contributed by atoms with Crippen LogP contribution >= 0.6 is 11.3 Å². The first-order chi connectivity index (χ1) is 12.0. The number of methoxy groups -OCH3 is 1. The van der Waals surface area contributed by atoms with Gasteiger partial charge in [-0.2, -0.15) is 0 Å². The molecule has 4 atom stereocenters. The molecule has 0 radical (unpaired) electrons. The van der Waals surface area contributed by atoms with Crippen molar-refractivity contribution in [2.45, 2.75) is 37.8 Å². The number of ether oxygens (including phenoxy) is 2. The van der Waals surface area contributed by atoms with Crippen molar-refractivity contribution in [3.63, 3.8) is 0 Å². The fourth-order valence-electron chi connectivity index (χ4n) is 2.95. The largest absolute Gasteiger partial charge is 0.387 e. The van der Waals surface area contributed by atoms with Crippen LogP contribution in [0.4, 0.5) is 5.95 Å². The molecule has 2 aromatic heterocycles. The van der Waals surface area contributed by atoms with Gasteiger partial charge in [0.2, 0.25) is 5.95 Å². The Balaban J connectivity index is 2.04. The fourth-order valence-corrected chi connectivity index (χ4v) is 4.01. The minimum atomic E-state index is -0.813. The average molecular weight is 366 g/mol. The van der Waals surface area contributed by atoms with Gasteiger partial charge in [0.25, 0.3) is 5.56 Å². The third-order valence-electron chi connectivity index (χ3n) is 4.16. The average Bonchev–Trinajstić information content (AvgIpc) is 3.13. The van der Waals surface area contributed by atoms with E-state index in [-0.39, 0.29) is 17.6 Å². The maximum atomic E-state index is 12.3. The van der Waals surface area contributed by atoms with Crippen molar-refractivity contribution in [3.05, 3.63) is 20.6 Å². The Bertz CT molecular complexity index is 831. The van der Waals surface area contributed by atoms with Crippen LogP contribution in [-0.2, 0) is 9.47 Å². The molecular weight excluding hydrogens is 344 g/mol. The molecule has 0 unspecified atom stereocenters. The summed E-state index contributed by atoms with van der Waals surface area (Å²) in [5.74, 6) is 0.216. The summed E-state index contributed by atoms with van der Waals surface area (Å²) >= 11 is 1.35. The highest BCUT2D eigenvalue weighted by atomic mass is 32.1. The number of aliphatic imine (C=N–C) groups is 1. The van der Waals surface area contributed by atoms with Crippen molar-refractivity contribution in [3.8, 4) is 0 Å². The molecule has 136 valence electrons. The summed E-state index contributed by atoms with van der Waals surface area (Å²) in [6, 6.07) is 0. The Hall–Kier alpha value is -1.81. The molecular formula is C16H22N4O4S. The zero-order valence-electron chi connectivity index (χ0n) is 14.6. The van der Waals surface area contributed by atoms with Crippen molar-refractivity contribution in [2.24, 2.45) is 4.99 Å². The van der Waals surface area contributed by atoms with Gasteiger partial charge in [0.1, 0.15) is 18.3 Å². The van der Waals surface area contributed by atoms with E-state index < -0.39 is 18.3 Å². The number of fused-ring (bicyclic) bond motifs is 1. The molecule has 1 saturated heterocycles. The molecule has 1 aliphatic heterocycles. The monoisotopic (exact) mass is 366 g/mol. The number of nitrogens with one attached hydrogen (secondary N) is 1. The van der Waals surface area contributed by atoms with E-state index in [1.165, 1.54) is 11.3 Å². The number of aliphatic hydroxyl groups excluding tert-OH is 1. The summed E-state index contributed by atoms with van der Waals surface area (Å²) < 4.78 is 11.4. The van der Waals surface area contributed by atoms with Gasteiger partial charge in [0, 0.05) is 26.6 Å². The summed E-state index contributed by atoms with van der Waals surface area (Å²) in [7, 11) is 5.22. The lowest BCUT2D eigenvalue weighted by Crippen LogP contribution is -2.32. The molecule has 0 bridgehead atoms. The van der Waals surface area contributed by atoms with E-state index in [0.717, 1.165) is 6.42 Å². The van der Waals surface area contributed by atoms with Crippen LogP contribution in [0.15, 0.2) is 15.2 Å². The molecule has 0 aliphatic carbocycles. The SMILES string of the molecule is CC[C@H]1O[C@@H](c2scc3c(=O)[nH]c(/N=C/N(C)C)nc23)[C@H](O)[C@@H]1OC. The summed E-state index contributed by atoms with van der Waals surface area (Å²) in [4.78, 5) is 26.0. The highest BCUT2D eigenvalue weighted by Crippen LogP contribution is 2.41. The molecule has 8 nitrogen and oxygen atoms in total. The topological polar surface area (TPSA) is 100 Å². The van der Waals surface area contributed by atoms with Crippen LogP contribution < -0.4 is 5.56 Å². The molecule has 0 saturated carbocycles. The van der Waals surface area contributed by atoms with Gasteiger partial charge < -0.3 is 19.5 Å². The molecule has 2 aromatic rings. The normalized spacial score (nSPS) is 26.8. The molecule has 25 heavy (non-hydrogen) atoms. The molecule has 0 aromatic carbocycles. The van der Waals surface area contributed by atoms with Crippen LogP contribution in [0.3, 0.4) is 0 Å². The Labute approximate surface area is 149 Å². The number of hydrogen-bond acceptors (Lipinski definition) is 7. The lowest BCUT2D eigenvalue weighted by atomic mass is 10.0. The maximum Gasteiger partial charge on any atom is 0.261 e. The smallest absolute Gasteiger partial charge is 0.261 e. The molecule has 3 heterocycles. The number of aromatic nitrogens is 2.